The molecule has 2 N–H and O–H groups in total. The van der Waals surface area contributed by atoms with Gasteiger partial charge in [-0.2, -0.15) is 0 Å². The molecule has 0 spiro atoms. The molecule has 4 heteroatoms. The Labute approximate surface area is 226 Å². The topological polar surface area (TPSA) is 65.2 Å². The number of phenolic OH excluding ortho intramolecular Hbond substituents is 2. The quantitative estimate of drug-likeness (QED) is 0.256. The molecule has 0 aliphatic carbocycles. The van der Waals surface area contributed by atoms with E-state index in [2.05, 4.69) is 41.5 Å². The minimum atomic E-state index is 0.147. The van der Waals surface area contributed by atoms with Crippen molar-refractivity contribution in [2.75, 3.05) is 0 Å². The zero-order valence-corrected chi connectivity index (χ0v) is 23.3. The van der Waals surface area contributed by atoms with Crippen molar-refractivity contribution < 1.29 is 10.2 Å². The van der Waals surface area contributed by atoms with Crippen molar-refractivity contribution in [1.29, 1.82) is 0 Å². The van der Waals surface area contributed by atoms with E-state index < -0.39 is 0 Å². The van der Waals surface area contributed by atoms with Crippen molar-refractivity contribution in [3.63, 3.8) is 0 Å². The van der Waals surface area contributed by atoms with E-state index in [1.165, 1.54) is 0 Å². The lowest BCUT2D eigenvalue weighted by Gasteiger charge is -2.18. The van der Waals surface area contributed by atoms with Crippen LogP contribution in [0.2, 0.25) is 0 Å². The number of aliphatic imine (C=N–C) groups is 2. The van der Waals surface area contributed by atoms with Crippen LogP contribution in [0.25, 0.3) is 10.8 Å². The SMILES string of the molecule is CC(C)(C)Cc1ccc(O)c(C=Nc2cccc3cccc(N=Cc4cc(CC(C)(C)C)ccc4O)c23)c1. The Morgan fingerprint density at radius 1 is 0.605 bits per heavy atom. The fourth-order valence-electron chi connectivity index (χ4n) is 4.65. The van der Waals surface area contributed by atoms with Gasteiger partial charge in [0.05, 0.1) is 11.4 Å². The third-order valence-electron chi connectivity index (χ3n) is 6.20. The first kappa shape index (κ1) is 27.1. The van der Waals surface area contributed by atoms with Crippen molar-refractivity contribution in [2.24, 2.45) is 20.8 Å². The van der Waals surface area contributed by atoms with Crippen LogP contribution in [0.4, 0.5) is 11.4 Å². The predicted octanol–water partition coefficient (Wildman–Crippen LogP) is 8.93. The Morgan fingerprint density at radius 3 is 1.42 bits per heavy atom. The molecule has 0 bridgehead atoms. The molecule has 0 fully saturated rings. The van der Waals surface area contributed by atoms with E-state index in [0.29, 0.717) is 11.1 Å². The molecule has 0 saturated carbocycles. The largest absolute Gasteiger partial charge is 0.507 e. The molecule has 4 aromatic carbocycles. The molecule has 4 aromatic rings. The van der Waals surface area contributed by atoms with Crippen LogP contribution in [0.1, 0.15) is 63.8 Å². The third kappa shape index (κ3) is 7.10. The van der Waals surface area contributed by atoms with E-state index in [4.69, 9.17) is 9.98 Å². The molecule has 0 atom stereocenters. The van der Waals surface area contributed by atoms with E-state index in [-0.39, 0.29) is 22.3 Å². The highest BCUT2D eigenvalue weighted by Gasteiger charge is 2.14. The minimum Gasteiger partial charge on any atom is -0.507 e. The number of fused-ring (bicyclic) bond motifs is 1. The van der Waals surface area contributed by atoms with Crippen molar-refractivity contribution in [1.82, 2.24) is 0 Å². The summed E-state index contributed by atoms with van der Waals surface area (Å²) in [6.45, 7) is 13.2. The molecule has 0 radical (unpaired) electrons. The maximum atomic E-state index is 10.5. The van der Waals surface area contributed by atoms with E-state index in [1.54, 1.807) is 24.6 Å². The number of aromatic hydroxyl groups is 2. The van der Waals surface area contributed by atoms with Gasteiger partial charge >= 0.3 is 0 Å². The van der Waals surface area contributed by atoms with Crippen molar-refractivity contribution >= 4 is 34.6 Å². The van der Waals surface area contributed by atoms with E-state index in [0.717, 1.165) is 46.1 Å². The van der Waals surface area contributed by atoms with Crippen LogP contribution in [-0.4, -0.2) is 22.6 Å². The average molecular weight is 507 g/mol. The predicted molar refractivity (Wildman–Crippen MR) is 161 cm³/mol. The van der Waals surface area contributed by atoms with Gasteiger partial charge in [0, 0.05) is 28.9 Å². The highest BCUT2D eigenvalue weighted by Crippen LogP contribution is 2.35. The lowest BCUT2D eigenvalue weighted by Crippen LogP contribution is -2.09. The molecule has 0 aromatic heterocycles. The van der Waals surface area contributed by atoms with Gasteiger partial charge in [0.2, 0.25) is 0 Å². The monoisotopic (exact) mass is 506 g/mol. The van der Waals surface area contributed by atoms with Gasteiger partial charge in [0.15, 0.2) is 0 Å². The Balaban J connectivity index is 1.70. The van der Waals surface area contributed by atoms with Gasteiger partial charge < -0.3 is 10.2 Å². The molecule has 38 heavy (non-hydrogen) atoms. The van der Waals surface area contributed by atoms with Crippen LogP contribution in [0.15, 0.2) is 82.8 Å². The number of hydrogen-bond acceptors (Lipinski definition) is 4. The first-order valence-electron chi connectivity index (χ1n) is 13.1. The molecular formula is C34H38N2O2. The van der Waals surface area contributed by atoms with Crippen molar-refractivity contribution in [3.05, 3.63) is 95.1 Å². The fourth-order valence-corrected chi connectivity index (χ4v) is 4.65. The second kappa shape index (κ2) is 10.8. The van der Waals surface area contributed by atoms with Gasteiger partial charge in [-0.05, 0) is 76.6 Å². The second-order valence-electron chi connectivity index (χ2n) is 12.4. The lowest BCUT2D eigenvalue weighted by molar-refractivity contribution is 0.410. The molecule has 0 saturated heterocycles. The van der Waals surface area contributed by atoms with E-state index in [9.17, 15) is 10.2 Å². The molecule has 0 amide bonds. The second-order valence-corrected chi connectivity index (χ2v) is 12.4. The number of hydrogen-bond donors (Lipinski definition) is 2. The van der Waals surface area contributed by atoms with Crippen LogP contribution < -0.4 is 0 Å². The van der Waals surface area contributed by atoms with Crippen LogP contribution in [0, 0.1) is 10.8 Å². The maximum absolute atomic E-state index is 10.5. The number of rotatable bonds is 6. The summed E-state index contributed by atoms with van der Waals surface area (Å²) in [5.74, 6) is 0.408. The third-order valence-corrected chi connectivity index (χ3v) is 6.20. The zero-order chi connectivity index (χ0) is 27.5. The number of benzene rings is 4. The molecule has 4 nitrogen and oxygen atoms in total. The van der Waals surface area contributed by atoms with Gasteiger partial charge in [-0.25, -0.2) is 0 Å². The van der Waals surface area contributed by atoms with E-state index >= 15 is 0 Å². The van der Waals surface area contributed by atoms with Crippen molar-refractivity contribution in [2.45, 2.75) is 54.4 Å². The van der Waals surface area contributed by atoms with Crippen molar-refractivity contribution in [3.8, 4) is 11.5 Å². The van der Waals surface area contributed by atoms with Crippen LogP contribution >= 0.6 is 0 Å². The smallest absolute Gasteiger partial charge is 0.124 e. The summed E-state index contributed by atoms with van der Waals surface area (Å²) in [4.78, 5) is 9.56. The number of nitrogens with zero attached hydrogens (tertiary/aromatic N) is 2. The normalized spacial score (nSPS) is 12.7. The molecule has 0 aliphatic rings. The molecule has 0 aliphatic heterocycles. The summed E-state index contributed by atoms with van der Waals surface area (Å²) < 4.78 is 0. The molecular weight excluding hydrogens is 468 g/mol. The first-order valence-corrected chi connectivity index (χ1v) is 13.1. The van der Waals surface area contributed by atoms with Crippen LogP contribution in [0.3, 0.4) is 0 Å². The summed E-state index contributed by atoms with van der Waals surface area (Å²) in [6.07, 6.45) is 5.26. The fraction of sp³-hybridized carbons (Fsp3) is 0.294. The molecule has 0 unspecified atom stereocenters. The van der Waals surface area contributed by atoms with Crippen LogP contribution in [0.5, 0.6) is 11.5 Å². The van der Waals surface area contributed by atoms with Gasteiger partial charge in [-0.1, -0.05) is 77.9 Å². The summed E-state index contributed by atoms with van der Waals surface area (Å²) >= 11 is 0. The first-order chi connectivity index (χ1) is 17.9. The summed E-state index contributed by atoms with van der Waals surface area (Å²) in [5, 5.41) is 22.9. The maximum Gasteiger partial charge on any atom is 0.124 e. The van der Waals surface area contributed by atoms with E-state index in [1.807, 2.05) is 60.7 Å². The minimum absolute atomic E-state index is 0.147. The van der Waals surface area contributed by atoms with Gasteiger partial charge in [0.25, 0.3) is 0 Å². The summed E-state index contributed by atoms with van der Waals surface area (Å²) in [7, 11) is 0. The summed E-state index contributed by atoms with van der Waals surface area (Å²) in [6, 6.07) is 23.3. The molecule has 196 valence electrons. The molecule has 4 rings (SSSR count). The summed E-state index contributed by atoms with van der Waals surface area (Å²) in [5.41, 5.74) is 5.52. The number of phenols is 2. The highest BCUT2D eigenvalue weighted by molar-refractivity contribution is 6.04. The highest BCUT2D eigenvalue weighted by atomic mass is 16.3. The Kier molecular flexibility index (Phi) is 7.73. The van der Waals surface area contributed by atoms with Crippen LogP contribution in [-0.2, 0) is 12.8 Å². The van der Waals surface area contributed by atoms with Gasteiger partial charge in [-0.15, -0.1) is 0 Å². The lowest BCUT2D eigenvalue weighted by atomic mass is 9.87. The Hall–Kier alpha value is -3.92. The Morgan fingerprint density at radius 2 is 1.03 bits per heavy atom. The van der Waals surface area contributed by atoms with Gasteiger partial charge in [-0.3, -0.25) is 9.98 Å². The zero-order valence-electron chi connectivity index (χ0n) is 23.3. The standard InChI is InChI=1S/C34H38N2O2/c1-33(2,3)19-23-13-15-30(37)26(17-23)21-35-28-11-7-9-25-10-8-12-29(32(25)28)36-22-27-18-24(14-16-31(27)38)20-34(4,5)6/h7-18,21-22,37-38H,19-20H2,1-6H3. The Bertz CT molecular complexity index is 1390. The van der Waals surface area contributed by atoms with Gasteiger partial charge in [0.1, 0.15) is 11.5 Å². The molecule has 0 heterocycles. The average Bonchev–Trinajstić information content (AvgIpc) is 2.82.